The number of nitrogens with one attached hydrogen (secondary N) is 2. The van der Waals surface area contributed by atoms with Gasteiger partial charge in [-0.2, -0.15) is 0 Å². The zero-order valence-corrected chi connectivity index (χ0v) is 13.7. The number of rotatable bonds is 10. The Morgan fingerprint density at radius 2 is 2.10 bits per heavy atom. The van der Waals surface area contributed by atoms with Crippen molar-refractivity contribution in [2.24, 2.45) is 5.92 Å². The topological polar surface area (TPSA) is 80.3 Å². The molecular formula is C14H25N3O3S. The molecule has 0 unspecified atom stereocenters. The molecule has 7 heteroatoms. The Hall–Kier alpha value is -1.18. The number of ether oxygens (including phenoxy) is 1. The second-order valence-electron chi connectivity index (χ2n) is 5.15. The molecule has 0 aliphatic heterocycles. The second kappa shape index (κ2) is 8.96. The Balaban J connectivity index is 2.61. The van der Waals surface area contributed by atoms with Crippen LogP contribution in [0.3, 0.4) is 0 Å². The number of nitrogens with zero attached hydrogens (tertiary/aromatic N) is 1. The van der Waals surface area contributed by atoms with E-state index in [1.165, 1.54) is 6.20 Å². The van der Waals surface area contributed by atoms with Crippen LogP contribution in [0.25, 0.3) is 0 Å². The Kier molecular flexibility index (Phi) is 7.63. The van der Waals surface area contributed by atoms with Gasteiger partial charge < -0.3 is 10.1 Å². The molecule has 0 aliphatic carbocycles. The molecule has 1 aromatic heterocycles. The molecule has 0 atom stereocenters. The zero-order valence-electron chi connectivity index (χ0n) is 12.9. The van der Waals surface area contributed by atoms with E-state index in [9.17, 15) is 8.42 Å². The lowest BCUT2D eigenvalue weighted by molar-refractivity contribution is 0.114. The molecule has 0 amide bonds. The van der Waals surface area contributed by atoms with Crippen LogP contribution >= 0.6 is 0 Å². The van der Waals surface area contributed by atoms with Crippen LogP contribution in [-0.4, -0.2) is 39.7 Å². The van der Waals surface area contributed by atoms with Crippen molar-refractivity contribution >= 4 is 15.7 Å². The minimum Gasteiger partial charge on any atom is -0.383 e. The maximum Gasteiger partial charge on any atom is 0.260 e. The summed E-state index contributed by atoms with van der Waals surface area (Å²) in [6, 6.07) is 3.43. The molecular weight excluding hydrogens is 290 g/mol. The maximum absolute atomic E-state index is 12.2. The van der Waals surface area contributed by atoms with Gasteiger partial charge in [0, 0.05) is 25.9 Å². The van der Waals surface area contributed by atoms with E-state index < -0.39 is 10.0 Å². The standard InChI is InChI=1S/C14H25N3O3S/c1-4-7-15-13-6-5-8-16-14(13)21(18,19)17-9-10-20-11-12(2)3/h5-6,8,12,15,17H,4,7,9-11H2,1-3H3. The summed E-state index contributed by atoms with van der Waals surface area (Å²) in [7, 11) is -3.63. The molecule has 0 bridgehead atoms. The molecule has 1 aromatic rings. The summed E-state index contributed by atoms with van der Waals surface area (Å²) in [4.78, 5) is 3.98. The Bertz CT molecular complexity index is 518. The van der Waals surface area contributed by atoms with Gasteiger partial charge in [-0.15, -0.1) is 0 Å². The van der Waals surface area contributed by atoms with Crippen LogP contribution in [0.5, 0.6) is 0 Å². The van der Waals surface area contributed by atoms with Crippen molar-refractivity contribution < 1.29 is 13.2 Å². The average Bonchev–Trinajstić information content (AvgIpc) is 2.44. The molecule has 0 saturated carbocycles. The molecule has 1 heterocycles. The lowest BCUT2D eigenvalue weighted by Crippen LogP contribution is -2.29. The highest BCUT2D eigenvalue weighted by atomic mass is 32.2. The van der Waals surface area contributed by atoms with E-state index in [0.29, 0.717) is 31.4 Å². The Labute approximate surface area is 127 Å². The van der Waals surface area contributed by atoms with Gasteiger partial charge >= 0.3 is 0 Å². The van der Waals surface area contributed by atoms with Crippen LogP contribution in [0.1, 0.15) is 27.2 Å². The third-order valence-corrected chi connectivity index (χ3v) is 4.00. The van der Waals surface area contributed by atoms with Gasteiger partial charge in [0.1, 0.15) is 0 Å². The van der Waals surface area contributed by atoms with E-state index in [1.54, 1.807) is 12.1 Å². The summed E-state index contributed by atoms with van der Waals surface area (Å²) in [5.74, 6) is 0.433. The molecule has 0 radical (unpaired) electrons. The van der Waals surface area contributed by atoms with Crippen molar-refractivity contribution in [2.75, 3.05) is 31.6 Å². The van der Waals surface area contributed by atoms with Crippen molar-refractivity contribution in [3.63, 3.8) is 0 Å². The SMILES string of the molecule is CCCNc1cccnc1S(=O)(=O)NCCOCC(C)C. The molecule has 2 N–H and O–H groups in total. The Morgan fingerprint density at radius 3 is 2.76 bits per heavy atom. The zero-order chi connectivity index (χ0) is 15.7. The fraction of sp³-hybridized carbons (Fsp3) is 0.643. The van der Waals surface area contributed by atoms with Crippen LogP contribution in [0, 0.1) is 5.92 Å². The molecule has 120 valence electrons. The molecule has 6 nitrogen and oxygen atoms in total. The first-order valence-corrected chi connectivity index (χ1v) is 8.72. The number of sulfonamides is 1. The second-order valence-corrected chi connectivity index (χ2v) is 6.83. The van der Waals surface area contributed by atoms with Crippen LogP contribution in [0.15, 0.2) is 23.4 Å². The van der Waals surface area contributed by atoms with Gasteiger partial charge in [0.15, 0.2) is 5.03 Å². The lowest BCUT2D eigenvalue weighted by Gasteiger charge is -2.12. The monoisotopic (exact) mass is 315 g/mol. The first-order valence-electron chi connectivity index (χ1n) is 7.23. The highest BCUT2D eigenvalue weighted by molar-refractivity contribution is 7.89. The van der Waals surface area contributed by atoms with Crippen molar-refractivity contribution in [2.45, 2.75) is 32.2 Å². The van der Waals surface area contributed by atoms with Crippen LogP contribution in [-0.2, 0) is 14.8 Å². The van der Waals surface area contributed by atoms with Gasteiger partial charge in [-0.25, -0.2) is 18.1 Å². The third kappa shape index (κ3) is 6.41. The summed E-state index contributed by atoms with van der Waals surface area (Å²) in [5.41, 5.74) is 0.523. The van der Waals surface area contributed by atoms with E-state index in [1.807, 2.05) is 20.8 Å². The van der Waals surface area contributed by atoms with Crippen molar-refractivity contribution in [3.05, 3.63) is 18.3 Å². The smallest absolute Gasteiger partial charge is 0.260 e. The highest BCUT2D eigenvalue weighted by Gasteiger charge is 2.19. The molecule has 0 saturated heterocycles. The summed E-state index contributed by atoms with van der Waals surface area (Å²) < 4.78 is 32.4. The van der Waals surface area contributed by atoms with E-state index in [2.05, 4.69) is 15.0 Å². The molecule has 0 spiro atoms. The normalized spacial score (nSPS) is 11.8. The summed E-state index contributed by atoms with van der Waals surface area (Å²) in [6.07, 6.45) is 2.38. The Morgan fingerprint density at radius 1 is 1.33 bits per heavy atom. The maximum atomic E-state index is 12.2. The molecule has 21 heavy (non-hydrogen) atoms. The summed E-state index contributed by atoms with van der Waals surface area (Å²) >= 11 is 0. The van der Waals surface area contributed by atoms with Crippen molar-refractivity contribution in [3.8, 4) is 0 Å². The number of hydrogen-bond acceptors (Lipinski definition) is 5. The summed E-state index contributed by atoms with van der Waals surface area (Å²) in [6.45, 7) is 8.01. The molecule has 0 fully saturated rings. The molecule has 0 aliphatic rings. The van der Waals surface area contributed by atoms with Crippen molar-refractivity contribution in [1.82, 2.24) is 9.71 Å². The van der Waals surface area contributed by atoms with Crippen molar-refractivity contribution in [1.29, 1.82) is 0 Å². The number of hydrogen-bond donors (Lipinski definition) is 2. The molecule has 0 aromatic carbocycles. The quantitative estimate of drug-likeness (QED) is 0.644. The lowest BCUT2D eigenvalue weighted by atomic mass is 10.2. The predicted octanol–water partition coefficient (Wildman–Crippen LogP) is 1.85. The first kappa shape index (κ1) is 17.9. The van der Waals surface area contributed by atoms with Gasteiger partial charge in [0.05, 0.1) is 12.3 Å². The van der Waals surface area contributed by atoms with E-state index in [-0.39, 0.29) is 11.6 Å². The minimum absolute atomic E-state index is 0.0299. The largest absolute Gasteiger partial charge is 0.383 e. The van der Waals surface area contributed by atoms with Gasteiger partial charge in [0.25, 0.3) is 10.0 Å². The number of pyridine rings is 1. The molecule has 1 rings (SSSR count). The number of anilines is 1. The van der Waals surface area contributed by atoms with E-state index in [0.717, 1.165) is 6.42 Å². The van der Waals surface area contributed by atoms with Gasteiger partial charge in [-0.1, -0.05) is 20.8 Å². The average molecular weight is 315 g/mol. The fourth-order valence-electron chi connectivity index (χ4n) is 1.63. The fourth-order valence-corrected chi connectivity index (χ4v) is 2.75. The van der Waals surface area contributed by atoms with E-state index in [4.69, 9.17) is 4.74 Å². The van der Waals surface area contributed by atoms with Crippen LogP contribution in [0.4, 0.5) is 5.69 Å². The van der Waals surface area contributed by atoms with Gasteiger partial charge in [-0.3, -0.25) is 0 Å². The predicted molar refractivity (Wildman–Crippen MR) is 83.9 cm³/mol. The minimum atomic E-state index is -3.63. The highest BCUT2D eigenvalue weighted by Crippen LogP contribution is 2.17. The first-order chi connectivity index (χ1) is 9.97. The number of aromatic nitrogens is 1. The van der Waals surface area contributed by atoms with Gasteiger partial charge in [0.2, 0.25) is 0 Å². The van der Waals surface area contributed by atoms with Crippen LogP contribution in [0.2, 0.25) is 0 Å². The van der Waals surface area contributed by atoms with Crippen LogP contribution < -0.4 is 10.0 Å². The van der Waals surface area contributed by atoms with Gasteiger partial charge in [-0.05, 0) is 24.5 Å². The van der Waals surface area contributed by atoms with E-state index >= 15 is 0 Å². The summed E-state index contributed by atoms with van der Waals surface area (Å²) in [5, 5.41) is 3.10. The third-order valence-electron chi connectivity index (χ3n) is 2.58.